The van der Waals surface area contributed by atoms with Crippen molar-refractivity contribution < 1.29 is 19.4 Å². The fourth-order valence-corrected chi connectivity index (χ4v) is 4.84. The maximum absolute atomic E-state index is 13.0. The Labute approximate surface area is 164 Å². The number of thiophene rings is 1. The summed E-state index contributed by atoms with van der Waals surface area (Å²) in [4.78, 5) is 28.6. The van der Waals surface area contributed by atoms with Gasteiger partial charge in [-0.25, -0.2) is 0 Å². The molecule has 1 aromatic rings. The number of rotatable bonds is 6. The second-order valence-electron chi connectivity index (χ2n) is 5.76. The summed E-state index contributed by atoms with van der Waals surface area (Å²) in [5.41, 5.74) is 3.41. The predicted octanol–water partition coefficient (Wildman–Crippen LogP) is 4.65. The van der Waals surface area contributed by atoms with E-state index in [4.69, 9.17) is 21.4 Å². The Morgan fingerprint density at radius 3 is 2.77 bits per heavy atom. The Bertz CT molecular complexity index is 937. The van der Waals surface area contributed by atoms with E-state index in [0.29, 0.717) is 39.5 Å². The molecular weight excluding hydrogens is 394 g/mol. The van der Waals surface area contributed by atoms with Gasteiger partial charge in [0, 0.05) is 34.2 Å². The van der Waals surface area contributed by atoms with Gasteiger partial charge in [-0.15, -0.1) is 23.1 Å². The lowest BCUT2D eigenvalue weighted by atomic mass is 9.87. The Kier molecular flexibility index (Phi) is 5.41. The molecule has 1 aliphatic heterocycles. The number of fused-ring (bicyclic) bond motifs is 1. The Balaban J connectivity index is 2.06. The van der Waals surface area contributed by atoms with Crippen LogP contribution >= 0.6 is 34.7 Å². The van der Waals surface area contributed by atoms with E-state index in [2.05, 4.69) is 4.99 Å². The first kappa shape index (κ1) is 18.9. The summed E-state index contributed by atoms with van der Waals surface area (Å²) in [5, 5.41) is 11.2. The summed E-state index contributed by atoms with van der Waals surface area (Å²) in [6.07, 6.45) is 2.04. The Morgan fingerprint density at radius 2 is 2.19 bits per heavy atom. The van der Waals surface area contributed by atoms with Gasteiger partial charge in [0.15, 0.2) is 5.78 Å². The minimum absolute atomic E-state index is 0.150. The van der Waals surface area contributed by atoms with E-state index in [9.17, 15) is 9.59 Å². The van der Waals surface area contributed by atoms with Gasteiger partial charge in [-0.05, 0) is 24.8 Å². The zero-order valence-electron chi connectivity index (χ0n) is 14.4. The standard InChI is InChI=1S/C18H16ClNO4S2/c1-8-10(6-13(21)22)15-12(20-8)5-11(18(24-2)16(15)19)17(23)9-4-14(25-3)26-7-9/h4,7H,5-6H2,1-3H3,(H,21,22). The molecule has 8 heteroatoms. The van der Waals surface area contributed by atoms with Crippen LogP contribution in [-0.2, 0) is 9.53 Å². The van der Waals surface area contributed by atoms with Gasteiger partial charge in [0.05, 0.1) is 28.5 Å². The fourth-order valence-electron chi connectivity index (χ4n) is 3.04. The number of allylic oxidation sites excluding steroid dienone is 4. The van der Waals surface area contributed by atoms with Gasteiger partial charge in [-0.1, -0.05) is 11.6 Å². The zero-order valence-corrected chi connectivity index (χ0v) is 16.8. The number of halogens is 1. The van der Waals surface area contributed by atoms with Crippen molar-refractivity contribution in [1.29, 1.82) is 0 Å². The molecule has 1 aliphatic carbocycles. The molecule has 0 fully saturated rings. The molecule has 0 spiro atoms. The van der Waals surface area contributed by atoms with E-state index >= 15 is 0 Å². The monoisotopic (exact) mass is 409 g/mol. The molecule has 26 heavy (non-hydrogen) atoms. The van der Waals surface area contributed by atoms with Gasteiger partial charge in [0.25, 0.3) is 0 Å². The summed E-state index contributed by atoms with van der Waals surface area (Å²) in [7, 11) is 1.46. The summed E-state index contributed by atoms with van der Waals surface area (Å²) in [6.45, 7) is 1.75. The number of ketones is 1. The van der Waals surface area contributed by atoms with Crippen molar-refractivity contribution >= 4 is 52.2 Å². The first-order valence-electron chi connectivity index (χ1n) is 7.71. The lowest BCUT2D eigenvalue weighted by Crippen LogP contribution is -2.19. The Hall–Kier alpha value is -1.83. The number of ether oxygens (including phenoxy) is 1. The molecule has 0 saturated heterocycles. The van der Waals surface area contributed by atoms with Crippen molar-refractivity contribution in [2.45, 2.75) is 24.0 Å². The molecule has 3 rings (SSSR count). The van der Waals surface area contributed by atoms with Crippen LogP contribution in [0.5, 0.6) is 0 Å². The zero-order chi connectivity index (χ0) is 19.0. The molecule has 2 aliphatic rings. The second-order valence-corrected chi connectivity index (χ2v) is 8.15. The quantitative estimate of drug-likeness (QED) is 0.546. The van der Waals surface area contributed by atoms with E-state index in [1.165, 1.54) is 18.4 Å². The third kappa shape index (κ3) is 3.26. The van der Waals surface area contributed by atoms with Crippen LogP contribution in [-0.4, -0.2) is 35.9 Å². The number of nitrogens with zero attached hydrogens (tertiary/aromatic N) is 1. The SMILES string of the molecule is COC1=C(C(=O)c2csc(SC)c2)CC2=NC(C)=C(CC(=O)O)C2=C1Cl. The van der Waals surface area contributed by atoms with E-state index in [-0.39, 0.29) is 23.7 Å². The third-order valence-corrected chi connectivity index (χ3v) is 6.60. The van der Waals surface area contributed by atoms with E-state index < -0.39 is 5.97 Å². The number of carbonyl (C=O) groups is 2. The maximum atomic E-state index is 13.0. The lowest BCUT2D eigenvalue weighted by molar-refractivity contribution is -0.136. The number of carboxylic acid groups (broad SMARTS) is 1. The van der Waals surface area contributed by atoms with Crippen LogP contribution in [0.15, 0.2) is 53.9 Å². The van der Waals surface area contributed by atoms with E-state index in [1.54, 1.807) is 18.7 Å². The van der Waals surface area contributed by atoms with Gasteiger partial charge in [-0.3, -0.25) is 14.6 Å². The van der Waals surface area contributed by atoms with Crippen LogP contribution in [0, 0.1) is 0 Å². The first-order chi connectivity index (χ1) is 12.4. The molecular formula is C18H16ClNO4S2. The highest BCUT2D eigenvalue weighted by atomic mass is 35.5. The van der Waals surface area contributed by atoms with Crippen LogP contribution in [0.4, 0.5) is 0 Å². The lowest BCUT2D eigenvalue weighted by Gasteiger charge is -2.21. The summed E-state index contributed by atoms with van der Waals surface area (Å²) >= 11 is 9.61. The van der Waals surface area contributed by atoms with Gasteiger partial charge in [0.1, 0.15) is 5.76 Å². The van der Waals surface area contributed by atoms with Crippen LogP contribution in [0.1, 0.15) is 30.1 Å². The number of hydrogen-bond donors (Lipinski definition) is 1. The van der Waals surface area contributed by atoms with Crippen molar-refractivity contribution in [3.05, 3.63) is 50.2 Å². The molecule has 0 bridgehead atoms. The van der Waals surface area contributed by atoms with E-state index in [1.807, 2.05) is 17.7 Å². The molecule has 0 atom stereocenters. The average Bonchev–Trinajstić information content (AvgIpc) is 3.19. The summed E-state index contributed by atoms with van der Waals surface area (Å²) in [5.74, 6) is -0.816. The maximum Gasteiger partial charge on any atom is 0.307 e. The molecule has 0 aromatic carbocycles. The van der Waals surface area contributed by atoms with Crippen molar-refractivity contribution in [1.82, 2.24) is 0 Å². The van der Waals surface area contributed by atoms with Crippen LogP contribution in [0.3, 0.4) is 0 Å². The number of carbonyl (C=O) groups excluding carboxylic acids is 1. The second kappa shape index (κ2) is 7.42. The van der Waals surface area contributed by atoms with Crippen LogP contribution in [0.25, 0.3) is 0 Å². The van der Waals surface area contributed by atoms with E-state index in [0.717, 1.165) is 4.21 Å². The highest BCUT2D eigenvalue weighted by molar-refractivity contribution is 8.00. The van der Waals surface area contributed by atoms with Crippen molar-refractivity contribution in [2.24, 2.45) is 4.99 Å². The number of carboxylic acids is 1. The minimum atomic E-state index is -0.958. The highest BCUT2D eigenvalue weighted by Gasteiger charge is 2.36. The number of aliphatic carboxylic acids is 1. The van der Waals surface area contributed by atoms with Gasteiger partial charge >= 0.3 is 5.97 Å². The van der Waals surface area contributed by atoms with Crippen molar-refractivity contribution in [3.8, 4) is 0 Å². The number of hydrogen-bond acceptors (Lipinski definition) is 6. The normalized spacial score (nSPS) is 16.8. The smallest absolute Gasteiger partial charge is 0.307 e. The van der Waals surface area contributed by atoms with Crippen LogP contribution < -0.4 is 0 Å². The van der Waals surface area contributed by atoms with Gasteiger partial charge < -0.3 is 9.84 Å². The summed E-state index contributed by atoms with van der Waals surface area (Å²) < 4.78 is 6.48. The number of Topliss-reactive ketones (excluding diaryl/α,β-unsaturated/α-hetero) is 1. The molecule has 136 valence electrons. The largest absolute Gasteiger partial charge is 0.495 e. The average molecular weight is 410 g/mol. The third-order valence-electron chi connectivity index (χ3n) is 4.21. The number of thioether (sulfide) groups is 1. The molecule has 5 nitrogen and oxygen atoms in total. The predicted molar refractivity (Wildman–Crippen MR) is 104 cm³/mol. The topological polar surface area (TPSA) is 76.0 Å². The van der Waals surface area contributed by atoms with Gasteiger partial charge in [0.2, 0.25) is 0 Å². The Morgan fingerprint density at radius 1 is 1.46 bits per heavy atom. The first-order valence-corrected chi connectivity index (χ1v) is 10.2. The highest BCUT2D eigenvalue weighted by Crippen LogP contribution is 2.42. The molecule has 1 N–H and O–H groups in total. The molecule has 0 unspecified atom stereocenters. The molecule has 2 heterocycles. The fraction of sp³-hybridized carbons (Fsp3) is 0.278. The molecule has 0 amide bonds. The number of aliphatic imine (C=N–C) groups is 1. The summed E-state index contributed by atoms with van der Waals surface area (Å²) in [6, 6.07) is 1.85. The van der Waals surface area contributed by atoms with Crippen molar-refractivity contribution in [2.75, 3.05) is 13.4 Å². The van der Waals surface area contributed by atoms with Crippen molar-refractivity contribution in [3.63, 3.8) is 0 Å². The molecule has 1 aromatic heterocycles. The molecule has 0 saturated carbocycles. The van der Waals surface area contributed by atoms with Crippen LogP contribution in [0.2, 0.25) is 0 Å². The minimum Gasteiger partial charge on any atom is -0.495 e. The number of methoxy groups -OCH3 is 1. The molecule has 0 radical (unpaired) electrons. The van der Waals surface area contributed by atoms with Gasteiger partial charge in [-0.2, -0.15) is 0 Å².